The van der Waals surface area contributed by atoms with Crippen molar-refractivity contribution in [3.05, 3.63) is 70.6 Å². The van der Waals surface area contributed by atoms with Crippen molar-refractivity contribution in [2.75, 3.05) is 19.5 Å². The zero-order valence-electron chi connectivity index (χ0n) is 19.6. The highest BCUT2D eigenvalue weighted by Crippen LogP contribution is 2.34. The lowest BCUT2D eigenvalue weighted by molar-refractivity contribution is -0.115. The minimum atomic E-state index is -0.515. The van der Waals surface area contributed by atoms with Crippen molar-refractivity contribution in [2.45, 2.75) is 17.2 Å². The number of thiazole rings is 1. The molecular formula is C26H21ClN4O3S2. The first-order chi connectivity index (χ1) is 17.4. The van der Waals surface area contributed by atoms with E-state index in [0.29, 0.717) is 43.6 Å². The molecule has 182 valence electrons. The van der Waals surface area contributed by atoms with E-state index >= 15 is 0 Å². The van der Waals surface area contributed by atoms with Crippen LogP contribution >= 0.6 is 34.7 Å². The van der Waals surface area contributed by atoms with E-state index in [2.05, 4.69) is 21.4 Å². The number of nitrogens with zero attached hydrogens (tertiary/aromatic N) is 3. The van der Waals surface area contributed by atoms with E-state index < -0.39 is 5.25 Å². The first-order valence-corrected chi connectivity index (χ1v) is 12.9. The number of pyridine rings is 1. The number of aromatic nitrogens is 2. The minimum Gasteiger partial charge on any atom is -0.493 e. The maximum atomic E-state index is 12.9. The van der Waals surface area contributed by atoms with Crippen LogP contribution in [0.15, 0.2) is 65.0 Å². The molecule has 2 aromatic heterocycles. The number of nitrogens with one attached hydrogen (secondary N) is 1. The van der Waals surface area contributed by atoms with Crippen LogP contribution in [0.4, 0.5) is 5.13 Å². The highest BCUT2D eigenvalue weighted by Gasteiger charge is 2.20. The second-order valence-corrected chi connectivity index (χ2v) is 10.1. The van der Waals surface area contributed by atoms with Gasteiger partial charge in [-0.1, -0.05) is 35.5 Å². The molecule has 2 heterocycles. The molecule has 1 atom stereocenters. The van der Waals surface area contributed by atoms with E-state index in [4.69, 9.17) is 21.1 Å². The summed E-state index contributed by atoms with van der Waals surface area (Å²) in [5, 5.41) is 15.3. The fourth-order valence-corrected chi connectivity index (χ4v) is 5.03. The molecule has 0 aliphatic carbocycles. The van der Waals surface area contributed by atoms with Gasteiger partial charge in [-0.2, -0.15) is 5.26 Å². The summed E-state index contributed by atoms with van der Waals surface area (Å²) in [6.45, 7) is 1.76. The number of hydrogen-bond donors (Lipinski definition) is 1. The molecule has 1 unspecified atom stereocenters. The Morgan fingerprint density at radius 2 is 1.75 bits per heavy atom. The summed E-state index contributed by atoms with van der Waals surface area (Å²) < 4.78 is 10.6. The number of carbonyl (C=O) groups excluding carboxylic acids is 1. The monoisotopic (exact) mass is 536 g/mol. The summed E-state index contributed by atoms with van der Waals surface area (Å²) in [6.07, 6.45) is 0. The largest absolute Gasteiger partial charge is 0.493 e. The van der Waals surface area contributed by atoms with Crippen LogP contribution in [0.5, 0.6) is 11.5 Å². The van der Waals surface area contributed by atoms with E-state index in [-0.39, 0.29) is 5.91 Å². The van der Waals surface area contributed by atoms with E-state index in [9.17, 15) is 10.1 Å². The molecule has 0 spiro atoms. The van der Waals surface area contributed by atoms with Crippen molar-refractivity contribution >= 4 is 45.7 Å². The summed E-state index contributed by atoms with van der Waals surface area (Å²) >= 11 is 8.53. The minimum absolute atomic E-state index is 0.240. The van der Waals surface area contributed by atoms with Crippen molar-refractivity contribution in [1.29, 1.82) is 5.26 Å². The second kappa shape index (κ2) is 11.4. The summed E-state index contributed by atoms with van der Waals surface area (Å²) in [4.78, 5) is 22.1. The first-order valence-electron chi connectivity index (χ1n) is 10.7. The van der Waals surface area contributed by atoms with Gasteiger partial charge in [-0.05, 0) is 49.4 Å². The number of amides is 1. The molecule has 0 aliphatic heterocycles. The van der Waals surface area contributed by atoms with Crippen LogP contribution in [0.25, 0.3) is 22.5 Å². The first kappa shape index (κ1) is 25.5. The third-order valence-corrected chi connectivity index (χ3v) is 7.30. The number of anilines is 1. The smallest absolute Gasteiger partial charge is 0.239 e. The highest BCUT2D eigenvalue weighted by molar-refractivity contribution is 8.00. The molecule has 0 bridgehead atoms. The SMILES string of the molecule is COc1ccc(-c2csc(NC(=O)C(C)Sc3nc(-c4ccc(Cl)cc4)ccc3C#N)n2)cc1OC. The standard InChI is InChI=1S/C26H21ClN4O3S2/c1-15(36-25-18(13-28)6-10-20(29-25)16-4-8-19(27)9-5-16)24(32)31-26-30-21(14-35-26)17-7-11-22(33-2)23(12-17)34-3/h4-12,14-15H,1-3H3,(H,30,31,32). The fraction of sp³-hybridized carbons (Fsp3) is 0.154. The summed E-state index contributed by atoms with van der Waals surface area (Å²) in [5.41, 5.74) is 3.52. The lowest BCUT2D eigenvalue weighted by atomic mass is 10.1. The molecule has 0 saturated carbocycles. The van der Waals surface area contributed by atoms with Gasteiger partial charge < -0.3 is 14.8 Å². The van der Waals surface area contributed by atoms with Crippen molar-refractivity contribution in [2.24, 2.45) is 0 Å². The van der Waals surface area contributed by atoms with Crippen molar-refractivity contribution < 1.29 is 14.3 Å². The molecule has 4 rings (SSSR count). The Morgan fingerprint density at radius 3 is 2.44 bits per heavy atom. The van der Waals surface area contributed by atoms with Crippen LogP contribution in [0, 0.1) is 11.3 Å². The zero-order chi connectivity index (χ0) is 25.7. The Hall–Kier alpha value is -3.58. The van der Waals surface area contributed by atoms with Gasteiger partial charge in [0.1, 0.15) is 11.1 Å². The van der Waals surface area contributed by atoms with Gasteiger partial charge in [0.2, 0.25) is 5.91 Å². The molecule has 10 heteroatoms. The van der Waals surface area contributed by atoms with Gasteiger partial charge in [0.05, 0.1) is 36.4 Å². The van der Waals surface area contributed by atoms with Gasteiger partial charge >= 0.3 is 0 Å². The number of hydrogen-bond acceptors (Lipinski definition) is 8. The molecule has 36 heavy (non-hydrogen) atoms. The Labute approximate surface area is 222 Å². The fourth-order valence-electron chi connectivity index (χ4n) is 3.28. The number of methoxy groups -OCH3 is 2. The molecule has 2 aromatic carbocycles. The summed E-state index contributed by atoms with van der Waals surface area (Å²) in [6, 6.07) is 18.4. The van der Waals surface area contributed by atoms with Crippen LogP contribution in [-0.4, -0.2) is 35.3 Å². The molecule has 7 nitrogen and oxygen atoms in total. The molecule has 4 aromatic rings. The third kappa shape index (κ3) is 5.79. The van der Waals surface area contributed by atoms with E-state index in [0.717, 1.165) is 11.1 Å². The lowest BCUT2D eigenvalue weighted by Gasteiger charge is -2.12. The Balaban J connectivity index is 1.47. The van der Waals surface area contributed by atoms with Gasteiger partial charge in [0, 0.05) is 21.5 Å². The van der Waals surface area contributed by atoms with Gasteiger partial charge in [-0.3, -0.25) is 4.79 Å². The topological polar surface area (TPSA) is 97.1 Å². The Morgan fingerprint density at radius 1 is 1.03 bits per heavy atom. The summed E-state index contributed by atoms with van der Waals surface area (Å²) in [7, 11) is 3.15. The number of ether oxygens (including phenoxy) is 2. The van der Waals surface area contributed by atoms with E-state index in [1.54, 1.807) is 45.4 Å². The predicted octanol–water partition coefficient (Wildman–Crippen LogP) is 6.53. The quantitative estimate of drug-likeness (QED) is 0.255. The van der Waals surface area contributed by atoms with Crippen LogP contribution in [0.3, 0.4) is 0 Å². The van der Waals surface area contributed by atoms with Crippen LogP contribution in [0.1, 0.15) is 12.5 Å². The molecule has 1 amide bonds. The van der Waals surface area contributed by atoms with E-state index in [1.807, 2.05) is 35.7 Å². The van der Waals surface area contributed by atoms with Crippen LogP contribution in [0.2, 0.25) is 5.02 Å². The van der Waals surface area contributed by atoms with Crippen molar-refractivity contribution in [1.82, 2.24) is 9.97 Å². The summed E-state index contributed by atoms with van der Waals surface area (Å²) in [5.74, 6) is 0.984. The van der Waals surface area contributed by atoms with Gasteiger partial charge in [-0.15, -0.1) is 11.3 Å². The number of nitriles is 1. The lowest BCUT2D eigenvalue weighted by Crippen LogP contribution is -2.22. The number of rotatable bonds is 8. The zero-order valence-corrected chi connectivity index (χ0v) is 22.0. The van der Waals surface area contributed by atoms with Crippen molar-refractivity contribution in [3.63, 3.8) is 0 Å². The maximum absolute atomic E-state index is 12.9. The number of thioether (sulfide) groups is 1. The molecule has 1 N–H and O–H groups in total. The second-order valence-electron chi connectivity index (χ2n) is 7.52. The number of benzene rings is 2. The number of carbonyl (C=O) groups is 1. The maximum Gasteiger partial charge on any atom is 0.239 e. The van der Waals surface area contributed by atoms with Crippen molar-refractivity contribution in [3.8, 4) is 40.1 Å². The van der Waals surface area contributed by atoms with E-state index in [1.165, 1.54) is 23.1 Å². The molecular weight excluding hydrogens is 516 g/mol. The molecule has 0 radical (unpaired) electrons. The highest BCUT2D eigenvalue weighted by atomic mass is 35.5. The predicted molar refractivity (Wildman–Crippen MR) is 144 cm³/mol. The Bertz CT molecular complexity index is 1430. The average Bonchev–Trinajstić information content (AvgIpc) is 3.37. The molecule has 0 saturated heterocycles. The molecule has 0 aliphatic rings. The third-order valence-electron chi connectivity index (χ3n) is 5.19. The van der Waals surface area contributed by atoms with Gasteiger partial charge in [-0.25, -0.2) is 9.97 Å². The van der Waals surface area contributed by atoms with Gasteiger partial charge in [0.15, 0.2) is 16.6 Å². The van der Waals surface area contributed by atoms with Crippen LogP contribution < -0.4 is 14.8 Å². The average molecular weight is 537 g/mol. The van der Waals surface area contributed by atoms with Gasteiger partial charge in [0.25, 0.3) is 0 Å². The van der Waals surface area contributed by atoms with Crippen LogP contribution in [-0.2, 0) is 4.79 Å². The normalized spacial score (nSPS) is 11.4. The molecule has 0 fully saturated rings. The number of halogens is 1. The Kier molecular flexibility index (Phi) is 8.10.